The summed E-state index contributed by atoms with van der Waals surface area (Å²) in [6, 6.07) is 0. The Hall–Kier alpha value is -1.19. The lowest BCUT2D eigenvalue weighted by Crippen LogP contribution is -2.44. The topological polar surface area (TPSA) is 111 Å². The van der Waals surface area contributed by atoms with Gasteiger partial charge in [-0.3, -0.25) is 0 Å². The van der Waals surface area contributed by atoms with Gasteiger partial charge in [-0.1, -0.05) is 11.6 Å². The summed E-state index contributed by atoms with van der Waals surface area (Å²) in [5.74, 6) is 0.495. The van der Waals surface area contributed by atoms with Crippen LogP contribution in [0.1, 0.15) is 0 Å². The van der Waals surface area contributed by atoms with Crippen molar-refractivity contribution in [2.45, 2.75) is 24.5 Å². The molecule has 0 spiro atoms. The van der Waals surface area contributed by atoms with Crippen LogP contribution in [0, 0.1) is 0 Å². The summed E-state index contributed by atoms with van der Waals surface area (Å²) in [6.45, 7) is -0.0479. The molecule has 3 heterocycles. The average Bonchev–Trinajstić information content (AvgIpc) is 2.94. The molecule has 104 valence electrons. The van der Waals surface area contributed by atoms with Gasteiger partial charge in [-0.2, -0.15) is 0 Å². The Labute approximate surface area is 113 Å². The highest BCUT2D eigenvalue weighted by Gasteiger charge is 2.47. The zero-order chi connectivity index (χ0) is 13.6. The lowest BCUT2D eigenvalue weighted by Gasteiger charge is -2.26. The zero-order valence-electron chi connectivity index (χ0n) is 9.77. The van der Waals surface area contributed by atoms with Crippen LogP contribution >= 0.6 is 11.6 Å². The van der Waals surface area contributed by atoms with E-state index in [1.54, 1.807) is 4.90 Å². The number of anilines is 2. The van der Waals surface area contributed by atoms with E-state index in [-0.39, 0.29) is 11.8 Å². The Balaban J connectivity index is 1.88. The highest BCUT2D eigenvalue weighted by Crippen LogP contribution is 2.37. The predicted molar refractivity (Wildman–Crippen MR) is 65.8 cm³/mol. The first-order valence-corrected chi connectivity index (χ1v) is 6.14. The first-order valence-electron chi connectivity index (χ1n) is 5.77. The molecule has 0 saturated carbocycles. The van der Waals surface area contributed by atoms with E-state index in [4.69, 9.17) is 21.4 Å². The maximum Gasteiger partial charge on any atom is 0.162 e. The second kappa shape index (κ2) is 4.73. The minimum Gasteiger partial charge on any atom is -0.394 e. The molecule has 8 nitrogen and oxygen atoms in total. The monoisotopic (exact) mass is 288 g/mol. The summed E-state index contributed by atoms with van der Waals surface area (Å²) < 4.78 is 5.45. The molecule has 2 aliphatic heterocycles. The number of aliphatic hydroxyl groups is 3. The molecule has 1 aromatic rings. The molecule has 19 heavy (non-hydrogen) atoms. The largest absolute Gasteiger partial charge is 0.394 e. The van der Waals surface area contributed by atoms with Crippen molar-refractivity contribution in [3.05, 3.63) is 11.5 Å². The smallest absolute Gasteiger partial charge is 0.162 e. The van der Waals surface area contributed by atoms with Crippen molar-refractivity contribution >= 4 is 23.1 Å². The molecule has 0 aliphatic carbocycles. The number of nitrogens with zero attached hydrogens (tertiary/aromatic N) is 3. The number of hydrogen-bond donors (Lipinski definition) is 4. The number of aliphatic hydroxyl groups excluding tert-OH is 3. The highest BCUT2D eigenvalue weighted by atomic mass is 35.5. The van der Waals surface area contributed by atoms with Gasteiger partial charge in [0.25, 0.3) is 0 Å². The minimum absolute atomic E-state index is 0.277. The fourth-order valence-electron chi connectivity index (χ4n) is 2.31. The number of nitrogens with one attached hydrogen (secondary N) is 1. The number of hydrogen-bond acceptors (Lipinski definition) is 8. The summed E-state index contributed by atoms with van der Waals surface area (Å²) in [5.41, 5.74) is 0.557. The number of ether oxygens (including phenoxy) is 1. The maximum absolute atomic E-state index is 9.98. The molecule has 0 bridgehead atoms. The van der Waals surface area contributed by atoms with E-state index in [2.05, 4.69) is 15.3 Å². The van der Waals surface area contributed by atoms with Crippen LogP contribution < -0.4 is 10.2 Å². The molecule has 0 unspecified atom stereocenters. The van der Waals surface area contributed by atoms with Gasteiger partial charge < -0.3 is 30.3 Å². The molecule has 9 heteroatoms. The van der Waals surface area contributed by atoms with E-state index in [0.717, 1.165) is 0 Å². The molecule has 2 aliphatic rings. The van der Waals surface area contributed by atoms with Crippen molar-refractivity contribution in [3.63, 3.8) is 0 Å². The van der Waals surface area contributed by atoms with E-state index in [1.165, 1.54) is 6.33 Å². The summed E-state index contributed by atoms with van der Waals surface area (Å²) in [7, 11) is 0. The Morgan fingerprint density at radius 3 is 2.89 bits per heavy atom. The normalized spacial score (nSPS) is 33.4. The van der Waals surface area contributed by atoms with Gasteiger partial charge >= 0.3 is 0 Å². The average molecular weight is 289 g/mol. The SMILES string of the molecule is OC[C@H]1O[C@@H](N2CNc3c(Cl)ncnc32)[C@@H](O)[C@H]1O. The van der Waals surface area contributed by atoms with Crippen LogP contribution in [-0.4, -0.2) is 63.1 Å². The standard InChI is InChI=1S/C10H13ClN4O4/c11-8-5-9(13-2-12-8)15(3-14-5)10-7(18)6(17)4(1-16)19-10/h2,4,6-7,10,14,16-18H,1,3H2/t4-,6+,7+,10-/m1/s1. The fourth-order valence-corrected chi connectivity index (χ4v) is 2.51. The lowest BCUT2D eigenvalue weighted by atomic mass is 10.1. The van der Waals surface area contributed by atoms with Crippen LogP contribution in [0.5, 0.6) is 0 Å². The van der Waals surface area contributed by atoms with Crippen LogP contribution in [0.2, 0.25) is 5.15 Å². The Morgan fingerprint density at radius 1 is 1.42 bits per heavy atom. The van der Waals surface area contributed by atoms with Gasteiger partial charge in [0.15, 0.2) is 17.2 Å². The molecule has 0 aromatic carbocycles. The highest BCUT2D eigenvalue weighted by molar-refractivity contribution is 6.32. The third-order valence-electron chi connectivity index (χ3n) is 3.30. The fraction of sp³-hybridized carbons (Fsp3) is 0.600. The maximum atomic E-state index is 9.98. The first kappa shape index (κ1) is 12.8. The third kappa shape index (κ3) is 1.92. The predicted octanol–water partition coefficient (Wildman–Crippen LogP) is -1.24. The molecule has 4 atom stereocenters. The summed E-state index contributed by atoms with van der Waals surface area (Å²) in [6.07, 6.45) is -2.59. The van der Waals surface area contributed by atoms with Crippen LogP contribution in [0.4, 0.5) is 11.5 Å². The molecule has 0 amide bonds. The van der Waals surface area contributed by atoms with Crippen molar-refractivity contribution in [2.24, 2.45) is 0 Å². The molecule has 4 N–H and O–H groups in total. The Kier molecular flexibility index (Phi) is 3.19. The van der Waals surface area contributed by atoms with Crippen molar-refractivity contribution in [1.29, 1.82) is 0 Å². The van der Waals surface area contributed by atoms with Crippen molar-refractivity contribution < 1.29 is 20.1 Å². The molecular formula is C10H13ClN4O4. The van der Waals surface area contributed by atoms with Gasteiger partial charge in [0.2, 0.25) is 0 Å². The molecule has 1 saturated heterocycles. The van der Waals surface area contributed by atoms with Gasteiger partial charge in [-0.25, -0.2) is 9.97 Å². The van der Waals surface area contributed by atoms with Crippen molar-refractivity contribution in [1.82, 2.24) is 9.97 Å². The molecule has 1 fully saturated rings. The van der Waals surface area contributed by atoms with Gasteiger partial charge in [0.1, 0.15) is 30.3 Å². The van der Waals surface area contributed by atoms with Crippen molar-refractivity contribution in [3.8, 4) is 0 Å². The molecule has 3 rings (SSSR count). The van der Waals surface area contributed by atoms with E-state index in [1.807, 2.05) is 0 Å². The van der Waals surface area contributed by atoms with Crippen LogP contribution in [0.15, 0.2) is 6.33 Å². The first-order chi connectivity index (χ1) is 9.13. The number of rotatable bonds is 2. The summed E-state index contributed by atoms with van der Waals surface area (Å²) >= 11 is 5.93. The quantitative estimate of drug-likeness (QED) is 0.500. The lowest BCUT2D eigenvalue weighted by molar-refractivity contribution is -0.0219. The Morgan fingerprint density at radius 2 is 2.21 bits per heavy atom. The van der Waals surface area contributed by atoms with Gasteiger partial charge in [0.05, 0.1) is 13.3 Å². The van der Waals surface area contributed by atoms with Gasteiger partial charge in [0, 0.05) is 0 Å². The Bertz CT molecular complexity index is 491. The van der Waals surface area contributed by atoms with E-state index in [9.17, 15) is 10.2 Å². The van der Waals surface area contributed by atoms with E-state index < -0.39 is 24.5 Å². The van der Waals surface area contributed by atoms with Crippen LogP contribution in [-0.2, 0) is 4.74 Å². The van der Waals surface area contributed by atoms with Gasteiger partial charge in [-0.15, -0.1) is 0 Å². The number of halogens is 1. The second-order valence-electron chi connectivity index (χ2n) is 4.40. The molecule has 0 radical (unpaired) electrons. The van der Waals surface area contributed by atoms with Crippen molar-refractivity contribution in [2.75, 3.05) is 23.5 Å². The number of fused-ring (bicyclic) bond motifs is 1. The van der Waals surface area contributed by atoms with Gasteiger partial charge in [-0.05, 0) is 0 Å². The number of aromatic nitrogens is 2. The minimum atomic E-state index is -1.14. The second-order valence-corrected chi connectivity index (χ2v) is 4.75. The zero-order valence-corrected chi connectivity index (χ0v) is 10.5. The van der Waals surface area contributed by atoms with E-state index in [0.29, 0.717) is 18.2 Å². The molecular weight excluding hydrogens is 276 g/mol. The molecule has 1 aromatic heterocycles. The summed E-state index contributed by atoms with van der Waals surface area (Å²) in [4.78, 5) is 9.57. The summed E-state index contributed by atoms with van der Waals surface area (Å²) in [5, 5.41) is 32.1. The van der Waals surface area contributed by atoms with Crippen LogP contribution in [0.3, 0.4) is 0 Å². The van der Waals surface area contributed by atoms with Crippen LogP contribution in [0.25, 0.3) is 0 Å². The van der Waals surface area contributed by atoms with E-state index >= 15 is 0 Å². The third-order valence-corrected chi connectivity index (χ3v) is 3.59.